The van der Waals surface area contributed by atoms with Gasteiger partial charge in [-0.2, -0.15) is 0 Å². The van der Waals surface area contributed by atoms with Crippen molar-refractivity contribution in [2.45, 2.75) is 25.8 Å². The number of carbonyl (C=O) groups excluding carboxylic acids is 1. The summed E-state index contributed by atoms with van der Waals surface area (Å²) in [5, 5.41) is 11.7. The zero-order chi connectivity index (χ0) is 14.5. The quantitative estimate of drug-likeness (QED) is 0.857. The Labute approximate surface area is 118 Å². The highest BCUT2D eigenvalue weighted by atomic mass is 16.4. The first kappa shape index (κ1) is 14.5. The molecule has 5 nitrogen and oxygen atoms in total. The average molecular weight is 276 g/mol. The van der Waals surface area contributed by atoms with E-state index in [9.17, 15) is 9.59 Å². The molecule has 0 bridgehead atoms. The second-order valence-corrected chi connectivity index (χ2v) is 5.02. The second-order valence-electron chi connectivity index (χ2n) is 5.02. The summed E-state index contributed by atoms with van der Waals surface area (Å²) in [5.41, 5.74) is 0.686. The third-order valence-electron chi connectivity index (χ3n) is 3.80. The van der Waals surface area contributed by atoms with Gasteiger partial charge >= 0.3 is 5.97 Å². The summed E-state index contributed by atoms with van der Waals surface area (Å²) in [4.78, 5) is 25.1. The molecule has 1 atom stereocenters. The van der Waals surface area contributed by atoms with Crippen LogP contribution in [0.5, 0.6) is 0 Å². The van der Waals surface area contributed by atoms with Crippen LogP contribution in [0.15, 0.2) is 24.3 Å². The molecule has 1 unspecified atom stereocenters. The Bertz CT molecular complexity index is 484. The number of nitrogens with one attached hydrogen (secondary N) is 1. The third-order valence-corrected chi connectivity index (χ3v) is 3.80. The number of carboxylic acids is 1. The van der Waals surface area contributed by atoms with Gasteiger partial charge in [0.2, 0.25) is 0 Å². The second kappa shape index (κ2) is 6.52. The summed E-state index contributed by atoms with van der Waals surface area (Å²) in [7, 11) is 0. The highest BCUT2D eigenvalue weighted by Gasteiger charge is 2.23. The molecule has 2 rings (SSSR count). The normalized spacial score (nSPS) is 18.9. The molecule has 0 spiro atoms. The SMILES string of the molecule is CCN1CCCC1CNC(=O)c1ccc(C(=O)O)cc1. The first-order valence-corrected chi connectivity index (χ1v) is 6.97. The predicted molar refractivity (Wildman–Crippen MR) is 76.0 cm³/mol. The topological polar surface area (TPSA) is 69.6 Å². The molecule has 20 heavy (non-hydrogen) atoms. The van der Waals surface area contributed by atoms with Crippen LogP contribution >= 0.6 is 0 Å². The van der Waals surface area contributed by atoms with Crippen LogP contribution in [-0.2, 0) is 0 Å². The average Bonchev–Trinajstić information content (AvgIpc) is 2.92. The molecule has 1 saturated heterocycles. The lowest BCUT2D eigenvalue weighted by Gasteiger charge is -2.22. The van der Waals surface area contributed by atoms with Crippen LogP contribution in [0.1, 0.15) is 40.5 Å². The molecule has 1 aromatic rings. The standard InChI is InChI=1S/C15H20N2O3/c1-2-17-9-3-4-13(17)10-16-14(18)11-5-7-12(8-6-11)15(19)20/h5-8,13H,2-4,9-10H2,1H3,(H,16,18)(H,19,20). The van der Waals surface area contributed by atoms with Crippen molar-refractivity contribution < 1.29 is 14.7 Å². The zero-order valence-corrected chi connectivity index (χ0v) is 11.6. The van der Waals surface area contributed by atoms with Gasteiger partial charge in [0.05, 0.1) is 5.56 Å². The summed E-state index contributed by atoms with van der Waals surface area (Å²) in [6, 6.07) is 6.41. The largest absolute Gasteiger partial charge is 0.478 e. The molecule has 1 fully saturated rings. The fraction of sp³-hybridized carbons (Fsp3) is 0.467. The molecule has 0 radical (unpaired) electrons. The van der Waals surface area contributed by atoms with Crippen LogP contribution in [0.3, 0.4) is 0 Å². The maximum atomic E-state index is 12.0. The van der Waals surface area contributed by atoms with Crippen LogP contribution in [0.25, 0.3) is 0 Å². The molecular formula is C15H20N2O3. The summed E-state index contributed by atoms with van der Waals surface area (Å²) in [5.74, 6) is -1.13. The Morgan fingerprint density at radius 2 is 1.95 bits per heavy atom. The minimum absolute atomic E-state index is 0.148. The van der Waals surface area contributed by atoms with E-state index in [0.717, 1.165) is 19.5 Å². The van der Waals surface area contributed by atoms with Crippen molar-refractivity contribution in [2.75, 3.05) is 19.6 Å². The van der Waals surface area contributed by atoms with Crippen LogP contribution in [-0.4, -0.2) is 47.6 Å². The molecule has 0 saturated carbocycles. The first-order valence-electron chi connectivity index (χ1n) is 6.97. The van der Waals surface area contributed by atoms with Crippen molar-refractivity contribution in [1.82, 2.24) is 10.2 Å². The van der Waals surface area contributed by atoms with Crippen LogP contribution in [0.2, 0.25) is 0 Å². The maximum Gasteiger partial charge on any atom is 0.335 e. The number of likely N-dealkylation sites (N-methyl/N-ethyl adjacent to an activating group) is 1. The molecule has 0 aromatic heterocycles. The fourth-order valence-electron chi connectivity index (χ4n) is 2.62. The molecule has 1 aliphatic heterocycles. The van der Waals surface area contributed by atoms with Gasteiger partial charge in [-0.25, -0.2) is 4.79 Å². The van der Waals surface area contributed by atoms with Gasteiger partial charge in [-0.05, 0) is 50.2 Å². The van der Waals surface area contributed by atoms with E-state index in [-0.39, 0.29) is 11.5 Å². The first-order chi connectivity index (χ1) is 9.61. The minimum Gasteiger partial charge on any atom is -0.478 e. The number of benzene rings is 1. The number of carboxylic acid groups (broad SMARTS) is 1. The van der Waals surface area contributed by atoms with E-state index >= 15 is 0 Å². The van der Waals surface area contributed by atoms with Crippen LogP contribution in [0, 0.1) is 0 Å². The van der Waals surface area contributed by atoms with Crippen LogP contribution in [0.4, 0.5) is 0 Å². The molecule has 0 aliphatic carbocycles. The highest BCUT2D eigenvalue weighted by Crippen LogP contribution is 2.15. The van der Waals surface area contributed by atoms with Crippen molar-refractivity contribution in [3.63, 3.8) is 0 Å². The number of hydrogen-bond donors (Lipinski definition) is 2. The Morgan fingerprint density at radius 3 is 2.55 bits per heavy atom. The van der Waals surface area contributed by atoms with Gasteiger partial charge in [0, 0.05) is 18.2 Å². The van der Waals surface area contributed by atoms with Crippen molar-refractivity contribution >= 4 is 11.9 Å². The zero-order valence-electron chi connectivity index (χ0n) is 11.6. The van der Waals surface area contributed by atoms with Gasteiger partial charge in [-0.15, -0.1) is 0 Å². The summed E-state index contributed by atoms with van der Waals surface area (Å²) >= 11 is 0. The molecule has 5 heteroatoms. The Balaban J connectivity index is 1.90. The van der Waals surface area contributed by atoms with Crippen molar-refractivity contribution in [3.8, 4) is 0 Å². The highest BCUT2D eigenvalue weighted by molar-refractivity contribution is 5.95. The maximum absolute atomic E-state index is 12.0. The van der Waals surface area contributed by atoms with Crippen molar-refractivity contribution in [3.05, 3.63) is 35.4 Å². The van der Waals surface area contributed by atoms with Gasteiger partial charge in [0.1, 0.15) is 0 Å². The van der Waals surface area contributed by atoms with E-state index in [1.54, 1.807) is 12.1 Å². The third kappa shape index (κ3) is 3.36. The lowest BCUT2D eigenvalue weighted by atomic mass is 10.1. The Morgan fingerprint density at radius 1 is 1.30 bits per heavy atom. The number of hydrogen-bond acceptors (Lipinski definition) is 3. The number of amides is 1. The summed E-state index contributed by atoms with van der Waals surface area (Å²) in [6.07, 6.45) is 2.30. The fourth-order valence-corrected chi connectivity index (χ4v) is 2.62. The van der Waals surface area contributed by atoms with Crippen molar-refractivity contribution in [1.29, 1.82) is 0 Å². The van der Waals surface area contributed by atoms with E-state index < -0.39 is 5.97 Å². The van der Waals surface area contributed by atoms with Gasteiger partial charge in [-0.3, -0.25) is 9.69 Å². The minimum atomic E-state index is -0.985. The molecular weight excluding hydrogens is 256 g/mol. The molecule has 2 N–H and O–H groups in total. The van der Waals surface area contributed by atoms with Gasteiger partial charge in [0.25, 0.3) is 5.91 Å². The summed E-state index contributed by atoms with van der Waals surface area (Å²) in [6.45, 7) is 4.89. The number of likely N-dealkylation sites (tertiary alicyclic amines) is 1. The molecule has 1 aliphatic rings. The van der Waals surface area contributed by atoms with Gasteiger partial charge in [-0.1, -0.05) is 6.92 Å². The van der Waals surface area contributed by atoms with E-state index in [2.05, 4.69) is 17.1 Å². The molecule has 1 amide bonds. The van der Waals surface area contributed by atoms with Gasteiger partial charge < -0.3 is 10.4 Å². The number of aromatic carboxylic acids is 1. The van der Waals surface area contributed by atoms with E-state index in [4.69, 9.17) is 5.11 Å². The lowest BCUT2D eigenvalue weighted by Crippen LogP contribution is -2.40. The van der Waals surface area contributed by atoms with Crippen molar-refractivity contribution in [2.24, 2.45) is 0 Å². The Kier molecular flexibility index (Phi) is 4.74. The number of nitrogens with zero attached hydrogens (tertiary/aromatic N) is 1. The predicted octanol–water partition coefficient (Wildman–Crippen LogP) is 1.60. The Hall–Kier alpha value is -1.88. The number of rotatable bonds is 5. The summed E-state index contributed by atoms with van der Waals surface area (Å²) < 4.78 is 0. The monoisotopic (exact) mass is 276 g/mol. The van der Waals surface area contributed by atoms with Crippen LogP contribution < -0.4 is 5.32 Å². The van der Waals surface area contributed by atoms with E-state index in [0.29, 0.717) is 18.2 Å². The molecule has 108 valence electrons. The van der Waals surface area contributed by atoms with E-state index in [1.807, 2.05) is 0 Å². The number of carbonyl (C=O) groups is 2. The lowest BCUT2D eigenvalue weighted by molar-refractivity contribution is 0.0696. The van der Waals surface area contributed by atoms with Gasteiger partial charge in [0.15, 0.2) is 0 Å². The molecule has 1 aromatic carbocycles. The molecule has 1 heterocycles. The smallest absolute Gasteiger partial charge is 0.335 e. The van der Waals surface area contributed by atoms with E-state index in [1.165, 1.54) is 18.6 Å².